The standard InChI is InChI=1S/C30H31N3O2S/c1-18-13-22(23-6-8-26-24(15-23)14-19(2)36-26)5-7-25(18)27-31-30(10-11-30)29(35)33(27)17-20-9-12-32(16-20)28(34)21-3-4-21/h5-8,13-15,20-21H,3-4,9-12,16-17H2,1-2H3. The number of likely N-dealkylation sites (tertiary alicyclic amines) is 1. The maximum Gasteiger partial charge on any atom is 0.256 e. The third-order valence-electron chi connectivity index (χ3n) is 8.35. The van der Waals surface area contributed by atoms with E-state index in [4.69, 9.17) is 4.99 Å². The third kappa shape index (κ3) is 3.69. The van der Waals surface area contributed by atoms with Crippen LogP contribution in [0.25, 0.3) is 21.2 Å². The van der Waals surface area contributed by atoms with Crippen LogP contribution in [0.3, 0.4) is 0 Å². The number of hydrogen-bond acceptors (Lipinski definition) is 4. The van der Waals surface area contributed by atoms with Crippen LogP contribution in [0, 0.1) is 25.7 Å². The average Bonchev–Trinajstić information content (AvgIpc) is 3.76. The molecule has 5 nitrogen and oxygen atoms in total. The molecule has 3 aromatic rings. The van der Waals surface area contributed by atoms with E-state index < -0.39 is 5.54 Å². The van der Waals surface area contributed by atoms with Crippen LogP contribution in [-0.4, -0.2) is 52.6 Å². The number of amidine groups is 1. The number of carbonyl (C=O) groups is 2. The first-order chi connectivity index (χ1) is 17.4. The number of nitrogens with zero attached hydrogens (tertiary/aromatic N) is 3. The molecule has 2 aliphatic carbocycles. The Morgan fingerprint density at radius 3 is 2.58 bits per heavy atom. The number of amides is 2. The molecule has 0 radical (unpaired) electrons. The van der Waals surface area contributed by atoms with Crippen LogP contribution in [0.1, 0.15) is 48.1 Å². The quantitative estimate of drug-likeness (QED) is 0.463. The zero-order valence-corrected chi connectivity index (χ0v) is 21.7. The van der Waals surface area contributed by atoms with E-state index in [-0.39, 0.29) is 11.8 Å². The van der Waals surface area contributed by atoms with Crippen molar-refractivity contribution in [2.75, 3.05) is 19.6 Å². The minimum absolute atomic E-state index is 0.159. The van der Waals surface area contributed by atoms with E-state index >= 15 is 0 Å². The summed E-state index contributed by atoms with van der Waals surface area (Å²) in [5, 5.41) is 1.29. The monoisotopic (exact) mass is 497 g/mol. The average molecular weight is 498 g/mol. The first-order valence-electron chi connectivity index (χ1n) is 13.2. The van der Waals surface area contributed by atoms with Crippen LogP contribution < -0.4 is 0 Å². The minimum Gasteiger partial charge on any atom is -0.342 e. The van der Waals surface area contributed by atoms with Crippen molar-refractivity contribution < 1.29 is 9.59 Å². The number of aryl methyl sites for hydroxylation is 2. The van der Waals surface area contributed by atoms with Gasteiger partial charge in [0.15, 0.2) is 0 Å². The van der Waals surface area contributed by atoms with Crippen LogP contribution in [-0.2, 0) is 9.59 Å². The normalized spacial score (nSPS) is 22.7. The highest BCUT2D eigenvalue weighted by Gasteiger charge is 2.57. The lowest BCUT2D eigenvalue weighted by Crippen LogP contribution is -2.41. The Balaban J connectivity index is 1.15. The molecule has 1 saturated heterocycles. The van der Waals surface area contributed by atoms with E-state index in [0.29, 0.717) is 18.4 Å². The van der Waals surface area contributed by atoms with Crippen molar-refractivity contribution in [1.29, 1.82) is 0 Å². The first-order valence-corrected chi connectivity index (χ1v) is 14.0. The van der Waals surface area contributed by atoms with E-state index in [1.807, 2.05) is 21.1 Å². The summed E-state index contributed by atoms with van der Waals surface area (Å²) in [6.45, 7) is 6.52. The zero-order valence-electron chi connectivity index (χ0n) is 20.9. The summed E-state index contributed by atoms with van der Waals surface area (Å²) in [5.41, 5.74) is 4.06. The lowest BCUT2D eigenvalue weighted by molar-refractivity contribution is -0.131. The van der Waals surface area contributed by atoms with E-state index in [1.165, 1.54) is 26.1 Å². The van der Waals surface area contributed by atoms with Crippen LogP contribution >= 0.6 is 11.3 Å². The Hall–Kier alpha value is -2.99. The minimum atomic E-state index is -0.523. The Morgan fingerprint density at radius 1 is 1.06 bits per heavy atom. The Labute approximate surface area is 215 Å². The van der Waals surface area contributed by atoms with Gasteiger partial charge in [-0.25, -0.2) is 0 Å². The highest BCUT2D eigenvalue weighted by atomic mass is 32.1. The highest BCUT2D eigenvalue weighted by molar-refractivity contribution is 7.19. The smallest absolute Gasteiger partial charge is 0.256 e. The number of carbonyl (C=O) groups excluding carboxylic acids is 2. The number of thiophene rings is 1. The maximum atomic E-state index is 13.5. The predicted molar refractivity (Wildman–Crippen MR) is 144 cm³/mol. The first kappa shape index (κ1) is 22.2. The van der Waals surface area contributed by atoms with Crippen LogP contribution in [0.5, 0.6) is 0 Å². The summed E-state index contributed by atoms with van der Waals surface area (Å²) >= 11 is 1.83. The maximum absolute atomic E-state index is 13.5. The molecule has 1 unspecified atom stereocenters. The van der Waals surface area contributed by atoms with Gasteiger partial charge in [0.1, 0.15) is 11.4 Å². The SMILES string of the molecule is Cc1cc2cc(-c3ccc(C4=NC5(CC5)C(=O)N4CC4CCN(C(=O)C5CC5)C4)c(C)c3)ccc2s1. The van der Waals surface area contributed by atoms with Crippen molar-refractivity contribution in [3.63, 3.8) is 0 Å². The van der Waals surface area contributed by atoms with E-state index in [0.717, 1.165) is 62.2 Å². The van der Waals surface area contributed by atoms with Gasteiger partial charge in [-0.2, -0.15) is 0 Å². The molecule has 184 valence electrons. The molecule has 1 aromatic heterocycles. The molecule has 2 saturated carbocycles. The summed E-state index contributed by atoms with van der Waals surface area (Å²) in [5.74, 6) is 1.88. The van der Waals surface area contributed by atoms with Crippen LogP contribution in [0.2, 0.25) is 0 Å². The van der Waals surface area contributed by atoms with Gasteiger partial charge in [0, 0.05) is 40.7 Å². The molecule has 6 heteroatoms. The molecule has 1 atom stereocenters. The van der Waals surface area contributed by atoms with Gasteiger partial charge in [0.2, 0.25) is 5.91 Å². The van der Waals surface area contributed by atoms with Gasteiger partial charge in [-0.3, -0.25) is 19.5 Å². The molecule has 1 spiro atoms. The fraction of sp³-hybridized carbons (Fsp3) is 0.433. The topological polar surface area (TPSA) is 53.0 Å². The molecule has 4 aliphatic rings. The summed E-state index contributed by atoms with van der Waals surface area (Å²) in [6, 6.07) is 15.5. The molecule has 7 rings (SSSR count). The fourth-order valence-electron chi connectivity index (χ4n) is 5.96. The number of hydrogen-bond donors (Lipinski definition) is 0. The van der Waals surface area contributed by atoms with Crippen LogP contribution in [0.4, 0.5) is 0 Å². The van der Waals surface area contributed by atoms with Gasteiger partial charge < -0.3 is 4.90 Å². The third-order valence-corrected chi connectivity index (χ3v) is 9.38. The Morgan fingerprint density at radius 2 is 1.83 bits per heavy atom. The summed E-state index contributed by atoms with van der Waals surface area (Å²) in [4.78, 5) is 36.3. The summed E-state index contributed by atoms with van der Waals surface area (Å²) < 4.78 is 1.32. The predicted octanol–water partition coefficient (Wildman–Crippen LogP) is 5.57. The molecule has 2 amide bonds. The van der Waals surface area contributed by atoms with Gasteiger partial charge >= 0.3 is 0 Å². The molecule has 3 heterocycles. The number of fused-ring (bicyclic) bond motifs is 1. The summed E-state index contributed by atoms with van der Waals surface area (Å²) in [6.07, 6.45) is 4.74. The van der Waals surface area contributed by atoms with Gasteiger partial charge in [-0.15, -0.1) is 11.3 Å². The second kappa shape index (κ2) is 8.01. The van der Waals surface area contributed by atoms with Crippen molar-refractivity contribution >= 4 is 39.1 Å². The molecular formula is C30H31N3O2S. The highest BCUT2D eigenvalue weighted by Crippen LogP contribution is 2.46. The van der Waals surface area contributed by atoms with Gasteiger partial charge in [-0.05, 0) is 92.1 Å². The van der Waals surface area contributed by atoms with E-state index in [2.05, 4.69) is 56.3 Å². The van der Waals surface area contributed by atoms with E-state index in [9.17, 15) is 9.59 Å². The second-order valence-electron chi connectivity index (χ2n) is 11.2. The Kier molecular flexibility index (Phi) is 4.94. The fourth-order valence-corrected chi connectivity index (χ4v) is 6.86. The molecule has 0 bridgehead atoms. The Bertz CT molecular complexity index is 1450. The lowest BCUT2D eigenvalue weighted by Gasteiger charge is -2.24. The number of aliphatic imine (C=N–C) groups is 1. The van der Waals surface area contributed by atoms with Crippen molar-refractivity contribution in [2.24, 2.45) is 16.8 Å². The molecular weight excluding hydrogens is 466 g/mol. The van der Waals surface area contributed by atoms with Crippen LogP contribution in [0.15, 0.2) is 47.5 Å². The molecule has 36 heavy (non-hydrogen) atoms. The zero-order chi connectivity index (χ0) is 24.6. The molecule has 0 N–H and O–H groups in total. The van der Waals surface area contributed by atoms with E-state index in [1.54, 1.807) is 0 Å². The van der Waals surface area contributed by atoms with Gasteiger partial charge in [0.05, 0.1) is 0 Å². The molecule has 2 aliphatic heterocycles. The van der Waals surface area contributed by atoms with Crippen molar-refractivity contribution in [1.82, 2.24) is 9.80 Å². The van der Waals surface area contributed by atoms with Gasteiger partial charge in [0.25, 0.3) is 5.91 Å². The number of benzene rings is 2. The summed E-state index contributed by atoms with van der Waals surface area (Å²) in [7, 11) is 0. The second-order valence-corrected chi connectivity index (χ2v) is 12.5. The molecule has 3 fully saturated rings. The molecule has 2 aromatic carbocycles. The van der Waals surface area contributed by atoms with Crippen molar-refractivity contribution in [2.45, 2.75) is 51.5 Å². The lowest BCUT2D eigenvalue weighted by atomic mass is 9.98. The van der Waals surface area contributed by atoms with Crippen molar-refractivity contribution in [3.05, 3.63) is 58.5 Å². The van der Waals surface area contributed by atoms with Crippen molar-refractivity contribution in [3.8, 4) is 11.1 Å². The number of rotatable bonds is 5. The van der Waals surface area contributed by atoms with Gasteiger partial charge in [-0.1, -0.05) is 24.3 Å². The largest absolute Gasteiger partial charge is 0.342 e.